The van der Waals surface area contributed by atoms with Crippen molar-refractivity contribution < 1.29 is 23.4 Å². The summed E-state index contributed by atoms with van der Waals surface area (Å²) in [6.07, 6.45) is 1.32. The molecule has 4 nitrogen and oxygen atoms in total. The van der Waals surface area contributed by atoms with Gasteiger partial charge in [0.15, 0.2) is 0 Å². The molecule has 22 heavy (non-hydrogen) atoms. The van der Waals surface area contributed by atoms with Gasteiger partial charge in [-0.25, -0.2) is 8.78 Å². The lowest BCUT2D eigenvalue weighted by molar-refractivity contribution is -0.143. The van der Waals surface area contributed by atoms with Crippen molar-refractivity contribution in [2.45, 2.75) is 31.4 Å². The molecule has 1 N–H and O–H groups in total. The first-order valence-corrected chi connectivity index (χ1v) is 7.54. The van der Waals surface area contributed by atoms with Crippen LogP contribution in [0.4, 0.5) is 8.78 Å². The van der Waals surface area contributed by atoms with E-state index in [1.807, 2.05) is 0 Å². The van der Waals surface area contributed by atoms with Crippen molar-refractivity contribution in [3.63, 3.8) is 0 Å². The molecule has 1 amide bonds. The third-order valence-corrected chi connectivity index (χ3v) is 4.57. The molecule has 120 valence electrons. The Balaban J connectivity index is 1.71. The lowest BCUT2D eigenvalue weighted by Gasteiger charge is -2.37. The van der Waals surface area contributed by atoms with Crippen molar-refractivity contribution in [2.24, 2.45) is 5.92 Å². The third-order valence-electron chi connectivity index (χ3n) is 4.57. The van der Waals surface area contributed by atoms with Crippen LogP contribution in [0.25, 0.3) is 0 Å². The number of halogens is 2. The highest BCUT2D eigenvalue weighted by molar-refractivity contribution is 5.79. The first-order valence-electron chi connectivity index (χ1n) is 7.54. The number of aliphatic hydroxyl groups excluding tert-OH is 1. The number of benzene rings is 1. The van der Waals surface area contributed by atoms with Gasteiger partial charge in [0.1, 0.15) is 11.6 Å². The second-order valence-corrected chi connectivity index (χ2v) is 6.00. The SMILES string of the molecule is O=C(Cc1ccc(F)cc1F)N1CCOC2C[C@H](CO)C[C@@H]21. The molecule has 2 fully saturated rings. The van der Waals surface area contributed by atoms with Gasteiger partial charge in [0.2, 0.25) is 5.91 Å². The zero-order valence-electron chi connectivity index (χ0n) is 12.2. The predicted molar refractivity (Wildman–Crippen MR) is 75.1 cm³/mol. The molecule has 1 saturated carbocycles. The number of carbonyl (C=O) groups is 1. The van der Waals surface area contributed by atoms with Gasteiger partial charge in [-0.1, -0.05) is 6.07 Å². The highest BCUT2D eigenvalue weighted by atomic mass is 19.1. The van der Waals surface area contributed by atoms with Crippen LogP contribution < -0.4 is 0 Å². The van der Waals surface area contributed by atoms with Crippen LogP contribution in [0.3, 0.4) is 0 Å². The van der Waals surface area contributed by atoms with E-state index in [2.05, 4.69) is 0 Å². The highest BCUT2D eigenvalue weighted by Gasteiger charge is 2.42. The van der Waals surface area contributed by atoms with E-state index < -0.39 is 11.6 Å². The molecular weight excluding hydrogens is 292 g/mol. The maximum atomic E-state index is 13.7. The largest absolute Gasteiger partial charge is 0.396 e. The van der Waals surface area contributed by atoms with Gasteiger partial charge in [-0.15, -0.1) is 0 Å². The number of aliphatic hydroxyl groups is 1. The molecule has 1 unspecified atom stereocenters. The number of morpholine rings is 1. The smallest absolute Gasteiger partial charge is 0.227 e. The van der Waals surface area contributed by atoms with Crippen LogP contribution in [0.2, 0.25) is 0 Å². The van der Waals surface area contributed by atoms with E-state index in [1.54, 1.807) is 4.90 Å². The Morgan fingerprint density at radius 1 is 1.36 bits per heavy atom. The van der Waals surface area contributed by atoms with Gasteiger partial charge in [-0.3, -0.25) is 4.79 Å². The summed E-state index contributed by atoms with van der Waals surface area (Å²) in [5, 5.41) is 9.29. The minimum atomic E-state index is -0.696. The maximum Gasteiger partial charge on any atom is 0.227 e. The number of hydrogen-bond acceptors (Lipinski definition) is 3. The molecule has 1 aromatic carbocycles. The van der Waals surface area contributed by atoms with Crippen LogP contribution >= 0.6 is 0 Å². The second-order valence-electron chi connectivity index (χ2n) is 6.00. The molecule has 2 aliphatic rings. The zero-order chi connectivity index (χ0) is 15.7. The Bertz CT molecular complexity index is 566. The lowest BCUT2D eigenvalue weighted by atomic mass is 10.1. The number of amides is 1. The Morgan fingerprint density at radius 2 is 2.18 bits per heavy atom. The number of hydrogen-bond donors (Lipinski definition) is 1. The van der Waals surface area contributed by atoms with Crippen LogP contribution in [-0.2, 0) is 16.0 Å². The molecule has 1 saturated heterocycles. The Kier molecular flexibility index (Phi) is 4.40. The first-order chi connectivity index (χ1) is 10.6. The monoisotopic (exact) mass is 311 g/mol. The number of carbonyl (C=O) groups excluding carboxylic acids is 1. The standard InChI is InChI=1S/C16H19F2NO3/c17-12-2-1-11(13(18)8-12)7-16(21)19-3-4-22-15-6-10(9-20)5-14(15)19/h1-2,8,10,14-15,20H,3-7,9H2/t10-,14+,15?/m1/s1. The molecule has 1 heterocycles. The summed E-state index contributed by atoms with van der Waals surface area (Å²) in [6.45, 7) is 1.02. The molecule has 0 aromatic heterocycles. The van der Waals surface area contributed by atoms with Gasteiger partial charge in [-0.05, 0) is 30.4 Å². The van der Waals surface area contributed by atoms with Crippen molar-refractivity contribution in [3.05, 3.63) is 35.4 Å². The van der Waals surface area contributed by atoms with Crippen LogP contribution in [0.1, 0.15) is 18.4 Å². The topological polar surface area (TPSA) is 49.8 Å². The summed E-state index contributed by atoms with van der Waals surface area (Å²) in [6, 6.07) is 3.21. The van der Waals surface area contributed by atoms with Crippen molar-refractivity contribution in [2.75, 3.05) is 19.8 Å². The zero-order valence-corrected chi connectivity index (χ0v) is 12.2. The van der Waals surface area contributed by atoms with E-state index in [-0.39, 0.29) is 42.6 Å². The van der Waals surface area contributed by atoms with Gasteiger partial charge in [0.05, 0.1) is 25.2 Å². The van der Waals surface area contributed by atoms with Gasteiger partial charge in [-0.2, -0.15) is 0 Å². The molecule has 1 aliphatic heterocycles. The van der Waals surface area contributed by atoms with E-state index in [0.717, 1.165) is 18.6 Å². The van der Waals surface area contributed by atoms with E-state index in [1.165, 1.54) is 6.07 Å². The number of nitrogens with zero attached hydrogens (tertiary/aromatic N) is 1. The third kappa shape index (κ3) is 2.98. The average Bonchev–Trinajstić information content (AvgIpc) is 2.93. The molecular formula is C16H19F2NO3. The molecule has 0 bridgehead atoms. The van der Waals surface area contributed by atoms with Gasteiger partial charge >= 0.3 is 0 Å². The summed E-state index contributed by atoms with van der Waals surface area (Å²) in [5.74, 6) is -1.38. The van der Waals surface area contributed by atoms with Crippen molar-refractivity contribution in [1.82, 2.24) is 4.90 Å². The normalized spacial score (nSPS) is 27.8. The van der Waals surface area contributed by atoms with Crippen molar-refractivity contribution >= 4 is 5.91 Å². The van der Waals surface area contributed by atoms with Crippen molar-refractivity contribution in [3.8, 4) is 0 Å². The van der Waals surface area contributed by atoms with Gasteiger partial charge < -0.3 is 14.7 Å². The van der Waals surface area contributed by atoms with Crippen molar-refractivity contribution in [1.29, 1.82) is 0 Å². The quantitative estimate of drug-likeness (QED) is 0.920. The Morgan fingerprint density at radius 3 is 2.91 bits per heavy atom. The summed E-state index contributed by atoms with van der Waals surface area (Å²) >= 11 is 0. The number of rotatable bonds is 3. The predicted octanol–water partition coefficient (Wildman–Crippen LogP) is 1.51. The fourth-order valence-electron chi connectivity index (χ4n) is 3.44. The molecule has 0 radical (unpaired) electrons. The van der Waals surface area contributed by atoms with Gasteiger partial charge in [0.25, 0.3) is 0 Å². The van der Waals surface area contributed by atoms with Gasteiger partial charge in [0, 0.05) is 19.2 Å². The Hall–Kier alpha value is -1.53. The van der Waals surface area contributed by atoms with E-state index in [9.17, 15) is 18.7 Å². The minimum absolute atomic E-state index is 0.0482. The average molecular weight is 311 g/mol. The summed E-state index contributed by atoms with van der Waals surface area (Å²) in [5.41, 5.74) is 0.200. The fraction of sp³-hybridized carbons (Fsp3) is 0.562. The van der Waals surface area contributed by atoms with Crippen LogP contribution in [-0.4, -0.2) is 47.8 Å². The van der Waals surface area contributed by atoms with Crippen LogP contribution in [0.5, 0.6) is 0 Å². The highest BCUT2D eigenvalue weighted by Crippen LogP contribution is 2.34. The molecule has 6 heteroatoms. The van der Waals surface area contributed by atoms with Crippen LogP contribution in [0.15, 0.2) is 18.2 Å². The van der Waals surface area contributed by atoms with E-state index in [4.69, 9.17) is 4.74 Å². The minimum Gasteiger partial charge on any atom is -0.396 e. The number of fused-ring (bicyclic) bond motifs is 1. The van der Waals surface area contributed by atoms with E-state index >= 15 is 0 Å². The molecule has 3 rings (SSSR count). The lowest BCUT2D eigenvalue weighted by Crippen LogP contribution is -2.51. The summed E-state index contributed by atoms with van der Waals surface area (Å²) in [7, 11) is 0. The molecule has 1 aliphatic carbocycles. The summed E-state index contributed by atoms with van der Waals surface area (Å²) in [4.78, 5) is 14.2. The van der Waals surface area contributed by atoms with Crippen LogP contribution in [0, 0.1) is 17.6 Å². The maximum absolute atomic E-state index is 13.7. The molecule has 0 spiro atoms. The number of ether oxygens (including phenoxy) is 1. The van der Waals surface area contributed by atoms with E-state index in [0.29, 0.717) is 19.6 Å². The second kappa shape index (κ2) is 6.30. The molecule has 1 aromatic rings. The fourth-order valence-corrected chi connectivity index (χ4v) is 3.44. The Labute approximate surface area is 127 Å². The molecule has 3 atom stereocenters. The summed E-state index contributed by atoms with van der Waals surface area (Å²) < 4.78 is 32.3. The first kappa shape index (κ1) is 15.4.